The third-order valence-corrected chi connectivity index (χ3v) is 6.17. The molecule has 3 heterocycles. The number of benzene rings is 1. The summed E-state index contributed by atoms with van der Waals surface area (Å²) in [5.41, 5.74) is 0.785. The van der Waals surface area contributed by atoms with Crippen LogP contribution in [-0.2, 0) is 7.05 Å². The molecule has 0 bridgehead atoms. The fourth-order valence-corrected chi connectivity index (χ4v) is 4.54. The predicted octanol–water partition coefficient (Wildman–Crippen LogP) is 3.84. The van der Waals surface area contributed by atoms with Crippen LogP contribution in [-0.4, -0.2) is 47.7 Å². The van der Waals surface area contributed by atoms with Gasteiger partial charge in [-0.1, -0.05) is 11.6 Å². The van der Waals surface area contributed by atoms with E-state index in [2.05, 4.69) is 35.7 Å². The largest absolute Gasteiger partial charge is 0.365 e. The van der Waals surface area contributed by atoms with Gasteiger partial charge in [-0.3, -0.25) is 4.79 Å². The molecule has 1 saturated carbocycles. The molecule has 3 N–H and O–H groups in total. The summed E-state index contributed by atoms with van der Waals surface area (Å²) in [6.45, 7) is 0. The topological polar surface area (TPSA) is 113 Å². The number of aryl methyl sites for hydroxylation is 1. The Kier molecular flexibility index (Phi) is 5.86. The summed E-state index contributed by atoms with van der Waals surface area (Å²) in [6, 6.07) is 2.62. The second kappa shape index (κ2) is 8.98. The number of rotatable bonds is 5. The van der Waals surface area contributed by atoms with Gasteiger partial charge in [-0.15, -0.1) is 0 Å². The van der Waals surface area contributed by atoms with Gasteiger partial charge in [0.1, 0.15) is 12.1 Å². The average Bonchev–Trinajstić information content (AvgIpc) is 3.42. The lowest BCUT2D eigenvalue weighted by molar-refractivity contribution is 0.0911. The second-order valence-electron chi connectivity index (χ2n) is 8.29. The van der Waals surface area contributed by atoms with Crippen LogP contribution in [0.15, 0.2) is 30.9 Å². The zero-order valence-corrected chi connectivity index (χ0v) is 18.9. The molecule has 0 unspecified atom stereocenters. The normalized spacial score (nSPS) is 18.2. The second-order valence-corrected chi connectivity index (χ2v) is 8.72. The molecule has 1 aromatic carbocycles. The number of amides is 1. The van der Waals surface area contributed by atoms with Crippen LogP contribution < -0.4 is 10.6 Å². The summed E-state index contributed by atoms with van der Waals surface area (Å²) < 4.78 is 30.2. The summed E-state index contributed by atoms with van der Waals surface area (Å²) in [6.07, 6.45) is 7.02. The highest BCUT2D eigenvalue weighted by Gasteiger charge is 2.26. The van der Waals surface area contributed by atoms with Gasteiger partial charge in [0, 0.05) is 41.3 Å². The lowest BCUT2D eigenvalue weighted by Gasteiger charge is -2.30. The van der Waals surface area contributed by atoms with E-state index in [9.17, 15) is 13.6 Å². The van der Waals surface area contributed by atoms with Crippen LogP contribution in [0.5, 0.6) is 0 Å². The van der Waals surface area contributed by atoms with Crippen LogP contribution >= 0.6 is 11.6 Å². The molecule has 2 atom stereocenters. The van der Waals surface area contributed by atoms with Gasteiger partial charge in [0.05, 0.1) is 11.7 Å². The minimum Gasteiger partial charge on any atom is -0.365 e. The van der Waals surface area contributed by atoms with Crippen LogP contribution in [0.2, 0.25) is 5.02 Å². The molecule has 0 radical (unpaired) electrons. The van der Waals surface area contributed by atoms with Gasteiger partial charge in [0.25, 0.3) is 5.91 Å². The molecule has 0 saturated heterocycles. The highest BCUT2D eigenvalue weighted by molar-refractivity contribution is 6.31. The van der Waals surface area contributed by atoms with E-state index in [1.807, 2.05) is 0 Å². The third-order valence-electron chi connectivity index (χ3n) is 5.96. The van der Waals surface area contributed by atoms with Crippen LogP contribution in [0, 0.1) is 11.6 Å². The Morgan fingerprint density at radius 3 is 2.82 bits per heavy atom. The number of hydrogen-bond acceptors (Lipinski definition) is 6. The van der Waals surface area contributed by atoms with Crippen LogP contribution in [0.25, 0.3) is 22.3 Å². The minimum absolute atomic E-state index is 0.0483. The molecular formula is C22H21ClF2N8O. The van der Waals surface area contributed by atoms with Gasteiger partial charge in [-0.25, -0.2) is 28.4 Å². The van der Waals surface area contributed by atoms with E-state index in [4.69, 9.17) is 11.6 Å². The summed E-state index contributed by atoms with van der Waals surface area (Å²) in [4.78, 5) is 27.8. The monoisotopic (exact) mass is 486 g/mol. The first kappa shape index (κ1) is 22.2. The van der Waals surface area contributed by atoms with Crippen molar-refractivity contribution in [3.8, 4) is 11.4 Å². The Morgan fingerprint density at radius 1 is 1.21 bits per heavy atom. The minimum atomic E-state index is -0.599. The number of hydrogen-bond donors (Lipinski definition) is 3. The third kappa shape index (κ3) is 4.30. The Labute approximate surface area is 198 Å². The van der Waals surface area contributed by atoms with Crippen LogP contribution in [0.1, 0.15) is 36.3 Å². The SMILES string of the molecule is Cn1ncnc1C(=O)N[C@@H]1CCC[C@H](Nc2nc(-c3c[nH]c4c(F)cc(Cl)cc34)ncc2F)C1. The summed E-state index contributed by atoms with van der Waals surface area (Å²) in [5, 5.41) is 10.8. The number of fused-ring (bicyclic) bond motifs is 1. The Hall–Kier alpha value is -3.60. The van der Waals surface area contributed by atoms with Gasteiger partial charge in [0.2, 0.25) is 5.82 Å². The fraction of sp³-hybridized carbons (Fsp3) is 0.318. The molecule has 4 aromatic rings. The summed E-state index contributed by atoms with van der Waals surface area (Å²) in [5.74, 6) is -0.876. The molecule has 1 amide bonds. The van der Waals surface area contributed by atoms with E-state index in [0.29, 0.717) is 17.4 Å². The smallest absolute Gasteiger partial charge is 0.289 e. The molecule has 1 aliphatic carbocycles. The number of aromatic amines is 1. The number of nitrogens with zero attached hydrogens (tertiary/aromatic N) is 5. The average molecular weight is 487 g/mol. The van der Waals surface area contributed by atoms with Crippen LogP contribution in [0.3, 0.4) is 0 Å². The first-order valence-electron chi connectivity index (χ1n) is 10.8. The zero-order chi connectivity index (χ0) is 23.8. The van der Waals surface area contributed by atoms with Gasteiger partial charge < -0.3 is 15.6 Å². The number of carbonyl (C=O) groups excluding carboxylic acids is 1. The van der Waals surface area contributed by atoms with Crippen molar-refractivity contribution in [3.63, 3.8) is 0 Å². The lowest BCUT2D eigenvalue weighted by atomic mass is 9.91. The summed E-state index contributed by atoms with van der Waals surface area (Å²) in [7, 11) is 1.65. The number of carbonyl (C=O) groups is 1. The maximum Gasteiger partial charge on any atom is 0.289 e. The Bertz CT molecular complexity index is 1370. The van der Waals surface area contributed by atoms with E-state index >= 15 is 0 Å². The molecular weight excluding hydrogens is 466 g/mol. The standard InChI is InChI=1S/C22H21ClF2N8O/c1-33-21(28-10-29-33)22(34)31-13-4-2-3-12(7-13)30-20-17(25)9-27-19(32-20)15-8-26-18-14(15)5-11(23)6-16(18)24/h5-6,8-10,12-13,26H,2-4,7H2,1H3,(H,31,34)(H,27,30,32)/t12-,13+/m0/s1. The van der Waals surface area contributed by atoms with E-state index in [-0.39, 0.29) is 46.0 Å². The highest BCUT2D eigenvalue weighted by Crippen LogP contribution is 2.31. The Balaban J connectivity index is 1.33. The lowest BCUT2D eigenvalue weighted by Crippen LogP contribution is -2.42. The number of anilines is 1. The number of H-pyrrole nitrogens is 1. The van der Waals surface area contributed by atoms with E-state index in [1.165, 1.54) is 17.1 Å². The quantitative estimate of drug-likeness (QED) is 0.395. The maximum absolute atomic E-state index is 14.6. The molecule has 0 aliphatic heterocycles. The van der Waals surface area contributed by atoms with Gasteiger partial charge in [0.15, 0.2) is 17.5 Å². The van der Waals surface area contributed by atoms with Gasteiger partial charge in [-0.2, -0.15) is 5.10 Å². The van der Waals surface area contributed by atoms with E-state index < -0.39 is 11.6 Å². The zero-order valence-electron chi connectivity index (χ0n) is 18.1. The van der Waals surface area contributed by atoms with Crippen molar-refractivity contribution in [1.82, 2.24) is 35.0 Å². The van der Waals surface area contributed by atoms with Crippen molar-refractivity contribution in [2.75, 3.05) is 5.32 Å². The molecule has 176 valence electrons. The van der Waals surface area contributed by atoms with Crippen molar-refractivity contribution < 1.29 is 13.6 Å². The molecule has 9 nitrogen and oxygen atoms in total. The molecule has 12 heteroatoms. The van der Waals surface area contributed by atoms with Crippen molar-refractivity contribution in [2.24, 2.45) is 7.05 Å². The molecule has 1 fully saturated rings. The molecule has 5 rings (SSSR count). The number of aromatic nitrogens is 6. The first-order valence-corrected chi connectivity index (χ1v) is 11.2. The molecule has 0 spiro atoms. The van der Waals surface area contributed by atoms with Crippen molar-refractivity contribution in [1.29, 1.82) is 0 Å². The van der Waals surface area contributed by atoms with Crippen molar-refractivity contribution in [3.05, 3.63) is 53.3 Å². The van der Waals surface area contributed by atoms with Gasteiger partial charge >= 0.3 is 0 Å². The first-order chi connectivity index (χ1) is 16.4. The molecule has 3 aromatic heterocycles. The van der Waals surface area contributed by atoms with E-state index in [0.717, 1.165) is 25.5 Å². The van der Waals surface area contributed by atoms with Gasteiger partial charge in [-0.05, 0) is 37.8 Å². The summed E-state index contributed by atoms with van der Waals surface area (Å²) >= 11 is 6.01. The van der Waals surface area contributed by atoms with Crippen molar-refractivity contribution >= 4 is 34.2 Å². The fourth-order valence-electron chi connectivity index (χ4n) is 4.33. The number of nitrogens with one attached hydrogen (secondary N) is 3. The number of halogens is 3. The highest BCUT2D eigenvalue weighted by atomic mass is 35.5. The van der Waals surface area contributed by atoms with E-state index in [1.54, 1.807) is 19.3 Å². The van der Waals surface area contributed by atoms with Crippen molar-refractivity contribution in [2.45, 2.75) is 37.8 Å². The molecule has 1 aliphatic rings. The van der Waals surface area contributed by atoms with Crippen LogP contribution in [0.4, 0.5) is 14.6 Å². The predicted molar refractivity (Wildman–Crippen MR) is 122 cm³/mol. The Morgan fingerprint density at radius 2 is 2.03 bits per heavy atom. The molecule has 34 heavy (non-hydrogen) atoms. The maximum atomic E-state index is 14.6.